The normalized spacial score (nSPS) is 11.3. The van der Waals surface area contributed by atoms with Crippen LogP contribution in [0.2, 0.25) is 0 Å². The molecule has 3 aromatic rings. The second kappa shape index (κ2) is 7.45. The zero-order valence-corrected chi connectivity index (χ0v) is 14.6. The minimum Gasteiger partial charge on any atom is -0.333 e. The van der Waals surface area contributed by atoms with Gasteiger partial charge in [-0.05, 0) is 17.0 Å². The molecule has 2 heterocycles. The van der Waals surface area contributed by atoms with Crippen LogP contribution in [0.4, 0.5) is 0 Å². The van der Waals surface area contributed by atoms with Gasteiger partial charge in [0.05, 0.1) is 12.0 Å². The van der Waals surface area contributed by atoms with Crippen LogP contribution in [0.5, 0.6) is 0 Å². The Kier molecular flexibility index (Phi) is 5.11. The number of benzene rings is 1. The first-order valence-electron chi connectivity index (χ1n) is 8.38. The van der Waals surface area contributed by atoms with Gasteiger partial charge in [-0.3, -0.25) is 4.68 Å². The number of imidazole rings is 1. The van der Waals surface area contributed by atoms with Gasteiger partial charge in [0.2, 0.25) is 0 Å². The Labute approximate surface area is 143 Å². The van der Waals surface area contributed by atoms with E-state index < -0.39 is 0 Å². The number of hydrogen-bond donors (Lipinski definition) is 1. The minimum absolute atomic E-state index is 0.446. The van der Waals surface area contributed by atoms with Crippen LogP contribution in [0, 0.1) is 0 Å². The van der Waals surface area contributed by atoms with Gasteiger partial charge in [0.15, 0.2) is 0 Å². The summed E-state index contributed by atoms with van der Waals surface area (Å²) in [6.07, 6.45) is 7.75. The van der Waals surface area contributed by atoms with Crippen molar-refractivity contribution in [3.05, 3.63) is 71.6 Å². The molecule has 0 radical (unpaired) electrons. The average Bonchev–Trinajstić information content (AvgIpc) is 3.17. The van der Waals surface area contributed by atoms with Gasteiger partial charge in [-0.2, -0.15) is 5.10 Å². The van der Waals surface area contributed by atoms with E-state index in [1.165, 1.54) is 22.4 Å². The maximum atomic E-state index is 4.56. The van der Waals surface area contributed by atoms with Crippen molar-refractivity contribution in [1.82, 2.24) is 24.6 Å². The second-order valence-electron chi connectivity index (χ2n) is 6.53. The molecule has 0 unspecified atom stereocenters. The predicted octanol–water partition coefficient (Wildman–Crippen LogP) is 3.08. The fraction of sp³-hybridized carbons (Fsp3) is 0.368. The van der Waals surface area contributed by atoms with Crippen molar-refractivity contribution >= 4 is 0 Å². The molecule has 126 valence electrons. The molecule has 0 bridgehead atoms. The van der Waals surface area contributed by atoms with E-state index in [-0.39, 0.29) is 0 Å². The fourth-order valence-electron chi connectivity index (χ4n) is 2.95. The molecule has 0 aliphatic heterocycles. The van der Waals surface area contributed by atoms with Crippen molar-refractivity contribution in [3.8, 4) is 0 Å². The maximum absolute atomic E-state index is 4.56. The highest BCUT2D eigenvalue weighted by atomic mass is 15.3. The molecule has 0 atom stereocenters. The van der Waals surface area contributed by atoms with E-state index in [1.807, 2.05) is 30.5 Å². The smallest absolute Gasteiger partial charge is 0.0949 e. The summed E-state index contributed by atoms with van der Waals surface area (Å²) in [6.45, 7) is 6.92. The van der Waals surface area contributed by atoms with E-state index >= 15 is 0 Å². The van der Waals surface area contributed by atoms with Gasteiger partial charge in [0, 0.05) is 50.8 Å². The van der Waals surface area contributed by atoms with E-state index in [0.717, 1.165) is 19.6 Å². The fourth-order valence-corrected chi connectivity index (χ4v) is 2.95. The van der Waals surface area contributed by atoms with Crippen LogP contribution in [-0.2, 0) is 26.7 Å². The number of rotatable bonds is 7. The number of nitrogens with one attached hydrogen (secondary N) is 1. The molecule has 0 amide bonds. The molecule has 5 heteroatoms. The topological polar surface area (TPSA) is 47.7 Å². The molecular formula is C19H25N5. The maximum Gasteiger partial charge on any atom is 0.0949 e. The molecule has 0 spiro atoms. The first-order valence-corrected chi connectivity index (χ1v) is 8.38. The Morgan fingerprint density at radius 1 is 1.17 bits per heavy atom. The molecule has 5 nitrogen and oxygen atoms in total. The summed E-state index contributed by atoms with van der Waals surface area (Å²) in [6, 6.07) is 8.69. The third-order valence-corrected chi connectivity index (χ3v) is 4.04. The van der Waals surface area contributed by atoms with Gasteiger partial charge in [0.1, 0.15) is 0 Å². The molecule has 2 aromatic heterocycles. The van der Waals surface area contributed by atoms with Crippen molar-refractivity contribution in [1.29, 1.82) is 0 Å². The standard InChI is InChI=1S/C19H25N5/c1-15(2)19-18(13-23(3)22-19)11-21-10-16-5-4-6-17(9-16)12-24-8-7-20-14-24/h4-9,13-15,21H,10-12H2,1-3H3. The van der Waals surface area contributed by atoms with Crippen LogP contribution in [-0.4, -0.2) is 19.3 Å². The van der Waals surface area contributed by atoms with Gasteiger partial charge in [-0.25, -0.2) is 4.98 Å². The molecule has 0 saturated heterocycles. The quantitative estimate of drug-likeness (QED) is 0.727. The van der Waals surface area contributed by atoms with Crippen LogP contribution >= 0.6 is 0 Å². The minimum atomic E-state index is 0.446. The molecule has 0 saturated carbocycles. The molecule has 1 N–H and O–H groups in total. The monoisotopic (exact) mass is 323 g/mol. The Bertz CT molecular complexity index is 771. The Hall–Kier alpha value is -2.40. The first-order chi connectivity index (χ1) is 11.6. The van der Waals surface area contributed by atoms with E-state index in [0.29, 0.717) is 5.92 Å². The van der Waals surface area contributed by atoms with Crippen LogP contribution in [0.25, 0.3) is 0 Å². The lowest BCUT2D eigenvalue weighted by Crippen LogP contribution is -2.14. The highest BCUT2D eigenvalue weighted by Gasteiger charge is 2.10. The Morgan fingerprint density at radius 2 is 2.00 bits per heavy atom. The number of nitrogens with zero attached hydrogens (tertiary/aromatic N) is 4. The predicted molar refractivity (Wildman–Crippen MR) is 95.6 cm³/mol. The molecule has 0 fully saturated rings. The van der Waals surface area contributed by atoms with Gasteiger partial charge in [0.25, 0.3) is 0 Å². The van der Waals surface area contributed by atoms with Gasteiger partial charge in [-0.1, -0.05) is 38.1 Å². The highest BCUT2D eigenvalue weighted by molar-refractivity contribution is 5.24. The van der Waals surface area contributed by atoms with Crippen molar-refractivity contribution in [2.45, 2.75) is 39.4 Å². The SMILES string of the molecule is CC(C)c1nn(C)cc1CNCc1cccc(Cn2ccnc2)c1. The van der Waals surface area contributed by atoms with Crippen LogP contribution in [0.15, 0.2) is 49.2 Å². The number of aromatic nitrogens is 4. The lowest BCUT2D eigenvalue weighted by molar-refractivity contribution is 0.676. The molecule has 0 aliphatic carbocycles. The van der Waals surface area contributed by atoms with Crippen molar-refractivity contribution in [2.24, 2.45) is 7.05 Å². The summed E-state index contributed by atoms with van der Waals surface area (Å²) in [5.74, 6) is 0.446. The summed E-state index contributed by atoms with van der Waals surface area (Å²) >= 11 is 0. The van der Waals surface area contributed by atoms with Crippen molar-refractivity contribution < 1.29 is 0 Å². The van der Waals surface area contributed by atoms with E-state index in [4.69, 9.17) is 0 Å². The van der Waals surface area contributed by atoms with Gasteiger partial charge < -0.3 is 9.88 Å². The van der Waals surface area contributed by atoms with Crippen LogP contribution < -0.4 is 5.32 Å². The summed E-state index contributed by atoms with van der Waals surface area (Å²) in [4.78, 5) is 4.09. The lowest BCUT2D eigenvalue weighted by atomic mass is 10.1. The van der Waals surface area contributed by atoms with E-state index in [1.54, 1.807) is 0 Å². The van der Waals surface area contributed by atoms with Gasteiger partial charge in [-0.15, -0.1) is 0 Å². The van der Waals surface area contributed by atoms with Crippen molar-refractivity contribution in [3.63, 3.8) is 0 Å². The van der Waals surface area contributed by atoms with Crippen molar-refractivity contribution in [2.75, 3.05) is 0 Å². The van der Waals surface area contributed by atoms with Crippen LogP contribution in [0.1, 0.15) is 42.1 Å². The lowest BCUT2D eigenvalue weighted by Gasteiger charge is -2.09. The largest absolute Gasteiger partial charge is 0.333 e. The zero-order chi connectivity index (χ0) is 16.9. The van der Waals surface area contributed by atoms with E-state index in [2.05, 4.69) is 64.3 Å². The third kappa shape index (κ3) is 4.11. The first kappa shape index (κ1) is 16.5. The Balaban J connectivity index is 1.59. The van der Waals surface area contributed by atoms with Crippen LogP contribution in [0.3, 0.4) is 0 Å². The molecule has 24 heavy (non-hydrogen) atoms. The second-order valence-corrected chi connectivity index (χ2v) is 6.53. The number of aryl methyl sites for hydroxylation is 1. The molecule has 1 aromatic carbocycles. The third-order valence-electron chi connectivity index (χ3n) is 4.04. The Morgan fingerprint density at radius 3 is 2.75 bits per heavy atom. The van der Waals surface area contributed by atoms with E-state index in [9.17, 15) is 0 Å². The summed E-state index contributed by atoms with van der Waals surface area (Å²) in [5, 5.41) is 8.10. The summed E-state index contributed by atoms with van der Waals surface area (Å²) in [5.41, 5.74) is 5.04. The summed E-state index contributed by atoms with van der Waals surface area (Å²) < 4.78 is 3.98. The summed E-state index contributed by atoms with van der Waals surface area (Å²) in [7, 11) is 1.98. The zero-order valence-electron chi connectivity index (χ0n) is 14.6. The molecule has 0 aliphatic rings. The molecular weight excluding hydrogens is 298 g/mol. The molecule has 3 rings (SSSR count). The average molecular weight is 323 g/mol. The van der Waals surface area contributed by atoms with Gasteiger partial charge >= 0.3 is 0 Å². The highest BCUT2D eigenvalue weighted by Crippen LogP contribution is 2.17. The number of hydrogen-bond acceptors (Lipinski definition) is 3.